The van der Waals surface area contributed by atoms with Crippen LogP contribution < -0.4 is 5.56 Å². The van der Waals surface area contributed by atoms with Gasteiger partial charge >= 0.3 is 0 Å². The largest absolute Gasteiger partial charge is 0.272 e. The average Bonchev–Trinajstić information content (AvgIpc) is 2.19. The second kappa shape index (κ2) is 3.53. The van der Waals surface area contributed by atoms with E-state index in [0.29, 0.717) is 5.39 Å². The lowest BCUT2D eigenvalue weighted by atomic mass is 10.1. The molecule has 0 aliphatic rings. The molecule has 2 aromatic rings. The van der Waals surface area contributed by atoms with Gasteiger partial charge in [0.1, 0.15) is 0 Å². The number of nitrogens with zero attached hydrogens (tertiary/aromatic N) is 1. The van der Waals surface area contributed by atoms with Crippen LogP contribution in [0.1, 0.15) is 12.6 Å². The minimum absolute atomic E-state index is 0.140. The van der Waals surface area contributed by atoms with Crippen molar-refractivity contribution in [2.75, 3.05) is 0 Å². The molecule has 0 aliphatic carbocycles. The van der Waals surface area contributed by atoms with E-state index < -0.39 is 0 Å². The smallest absolute Gasteiger partial charge is 0.267 e. The number of fused-ring (bicyclic) bond motifs is 1. The van der Waals surface area contributed by atoms with Crippen molar-refractivity contribution in [1.29, 1.82) is 0 Å². The van der Waals surface area contributed by atoms with Crippen LogP contribution in [0.3, 0.4) is 0 Å². The first-order chi connectivity index (χ1) is 6.72. The highest BCUT2D eigenvalue weighted by Gasteiger charge is 2.04. The van der Waals surface area contributed by atoms with E-state index in [1.165, 1.54) is 0 Å². The lowest BCUT2D eigenvalue weighted by molar-refractivity contribution is 0.918. The normalized spacial score (nSPS) is 10.7. The van der Waals surface area contributed by atoms with E-state index in [9.17, 15) is 4.79 Å². The van der Waals surface area contributed by atoms with E-state index in [1.807, 2.05) is 25.1 Å². The summed E-state index contributed by atoms with van der Waals surface area (Å²) in [5.74, 6) is 0. The molecule has 1 heterocycles. The van der Waals surface area contributed by atoms with Crippen LogP contribution in [-0.4, -0.2) is 10.2 Å². The minimum atomic E-state index is -0.140. The van der Waals surface area contributed by atoms with Crippen LogP contribution in [-0.2, 0) is 6.42 Å². The van der Waals surface area contributed by atoms with Crippen LogP contribution in [0, 0.1) is 0 Å². The monoisotopic (exact) mass is 252 g/mol. The van der Waals surface area contributed by atoms with Crippen molar-refractivity contribution in [2.45, 2.75) is 13.3 Å². The number of aryl methyl sites for hydroxylation is 1. The fourth-order valence-electron chi connectivity index (χ4n) is 1.46. The van der Waals surface area contributed by atoms with Crippen LogP contribution in [0.5, 0.6) is 0 Å². The van der Waals surface area contributed by atoms with Gasteiger partial charge < -0.3 is 0 Å². The van der Waals surface area contributed by atoms with Gasteiger partial charge in [-0.2, -0.15) is 5.10 Å². The van der Waals surface area contributed by atoms with Gasteiger partial charge in [0.25, 0.3) is 5.56 Å². The molecule has 0 bridgehead atoms. The zero-order valence-electron chi connectivity index (χ0n) is 7.67. The Kier molecular flexibility index (Phi) is 2.37. The molecule has 3 nitrogen and oxygen atoms in total. The second-order valence-electron chi connectivity index (χ2n) is 3.04. The van der Waals surface area contributed by atoms with Crippen molar-refractivity contribution in [2.24, 2.45) is 0 Å². The zero-order chi connectivity index (χ0) is 10.1. The van der Waals surface area contributed by atoms with Crippen molar-refractivity contribution in [3.8, 4) is 0 Å². The van der Waals surface area contributed by atoms with Crippen molar-refractivity contribution in [3.63, 3.8) is 0 Å². The van der Waals surface area contributed by atoms with Gasteiger partial charge in [0.05, 0.1) is 11.1 Å². The van der Waals surface area contributed by atoms with E-state index in [0.717, 1.165) is 22.0 Å². The fourth-order valence-corrected chi connectivity index (χ4v) is 1.83. The van der Waals surface area contributed by atoms with Gasteiger partial charge in [-0.25, -0.2) is 5.10 Å². The number of aromatic nitrogens is 2. The summed E-state index contributed by atoms with van der Waals surface area (Å²) in [4.78, 5) is 11.5. The lowest BCUT2D eigenvalue weighted by Crippen LogP contribution is -2.10. The molecular formula is C10H9BrN2O. The molecule has 1 N–H and O–H groups in total. The molecule has 1 aromatic heterocycles. The van der Waals surface area contributed by atoms with E-state index in [4.69, 9.17) is 0 Å². The summed E-state index contributed by atoms with van der Waals surface area (Å²) in [5.41, 5.74) is 0.783. The number of hydrogen-bond donors (Lipinski definition) is 1. The standard InChI is InChI=1S/C10H9BrN2O/c1-2-9-7-4-3-6(11)5-8(7)10(14)13-12-9/h3-5H,2H2,1H3,(H,13,14). The van der Waals surface area contributed by atoms with E-state index >= 15 is 0 Å². The van der Waals surface area contributed by atoms with E-state index in [1.54, 1.807) is 0 Å². The molecule has 0 atom stereocenters. The zero-order valence-corrected chi connectivity index (χ0v) is 9.26. The Bertz CT molecular complexity index is 533. The summed E-state index contributed by atoms with van der Waals surface area (Å²) in [6.45, 7) is 2.02. The highest BCUT2D eigenvalue weighted by molar-refractivity contribution is 9.10. The fraction of sp³-hybridized carbons (Fsp3) is 0.200. The molecule has 4 heteroatoms. The van der Waals surface area contributed by atoms with Crippen molar-refractivity contribution < 1.29 is 0 Å². The Morgan fingerprint density at radius 3 is 2.93 bits per heavy atom. The summed E-state index contributed by atoms with van der Waals surface area (Å²) >= 11 is 3.34. The Balaban J connectivity index is 2.91. The number of H-pyrrole nitrogens is 1. The lowest BCUT2D eigenvalue weighted by Gasteiger charge is -2.01. The third-order valence-electron chi connectivity index (χ3n) is 2.16. The first kappa shape index (κ1) is 9.40. The topological polar surface area (TPSA) is 45.8 Å². The summed E-state index contributed by atoms with van der Waals surface area (Å²) in [6.07, 6.45) is 0.814. The molecule has 0 radical (unpaired) electrons. The van der Waals surface area contributed by atoms with Crippen LogP contribution in [0.15, 0.2) is 27.5 Å². The minimum Gasteiger partial charge on any atom is -0.267 e. The first-order valence-electron chi connectivity index (χ1n) is 4.39. The van der Waals surface area contributed by atoms with Gasteiger partial charge in [0, 0.05) is 9.86 Å². The summed E-state index contributed by atoms with van der Waals surface area (Å²) in [6, 6.07) is 5.65. The Morgan fingerprint density at radius 1 is 1.43 bits per heavy atom. The molecule has 0 aliphatic heterocycles. The summed E-state index contributed by atoms with van der Waals surface area (Å²) in [5, 5.41) is 8.11. The molecule has 2 rings (SSSR count). The maximum atomic E-state index is 11.5. The molecule has 72 valence electrons. The number of halogens is 1. The van der Waals surface area contributed by atoms with E-state index in [2.05, 4.69) is 26.1 Å². The summed E-state index contributed by atoms with van der Waals surface area (Å²) in [7, 11) is 0. The molecule has 0 spiro atoms. The molecule has 14 heavy (non-hydrogen) atoms. The van der Waals surface area contributed by atoms with Crippen LogP contribution in [0.4, 0.5) is 0 Å². The Hall–Kier alpha value is -1.16. The Morgan fingerprint density at radius 2 is 2.21 bits per heavy atom. The number of aromatic amines is 1. The molecule has 0 saturated carbocycles. The van der Waals surface area contributed by atoms with Gasteiger partial charge in [-0.3, -0.25) is 4.79 Å². The predicted octanol–water partition coefficient (Wildman–Crippen LogP) is 2.25. The van der Waals surface area contributed by atoms with Crippen LogP contribution >= 0.6 is 15.9 Å². The highest BCUT2D eigenvalue weighted by atomic mass is 79.9. The van der Waals surface area contributed by atoms with Gasteiger partial charge in [0.15, 0.2) is 0 Å². The molecule has 0 saturated heterocycles. The average molecular weight is 253 g/mol. The molecule has 0 amide bonds. The third kappa shape index (κ3) is 1.46. The third-order valence-corrected chi connectivity index (χ3v) is 2.66. The van der Waals surface area contributed by atoms with Gasteiger partial charge in [-0.1, -0.05) is 28.9 Å². The summed E-state index contributed by atoms with van der Waals surface area (Å²) < 4.78 is 0.906. The van der Waals surface area contributed by atoms with Gasteiger partial charge in [-0.15, -0.1) is 0 Å². The predicted molar refractivity (Wildman–Crippen MR) is 59.4 cm³/mol. The number of hydrogen-bond acceptors (Lipinski definition) is 2. The van der Waals surface area contributed by atoms with Crippen molar-refractivity contribution >= 4 is 26.7 Å². The van der Waals surface area contributed by atoms with Crippen LogP contribution in [0.2, 0.25) is 0 Å². The van der Waals surface area contributed by atoms with Crippen molar-refractivity contribution in [1.82, 2.24) is 10.2 Å². The quantitative estimate of drug-likeness (QED) is 0.847. The molecule has 0 unspecified atom stereocenters. The molecule has 1 aromatic carbocycles. The molecule has 0 fully saturated rings. The number of nitrogens with one attached hydrogen (secondary N) is 1. The van der Waals surface area contributed by atoms with Gasteiger partial charge in [-0.05, 0) is 18.6 Å². The van der Waals surface area contributed by atoms with Crippen molar-refractivity contribution in [3.05, 3.63) is 38.7 Å². The first-order valence-corrected chi connectivity index (χ1v) is 5.18. The van der Waals surface area contributed by atoms with Gasteiger partial charge in [0.2, 0.25) is 0 Å². The SMILES string of the molecule is CCc1n[nH]c(=O)c2cc(Br)ccc12. The Labute approximate surface area is 89.3 Å². The maximum absolute atomic E-state index is 11.5. The number of benzene rings is 1. The maximum Gasteiger partial charge on any atom is 0.272 e. The van der Waals surface area contributed by atoms with Crippen LogP contribution in [0.25, 0.3) is 10.8 Å². The molecular weight excluding hydrogens is 244 g/mol. The number of rotatable bonds is 1. The highest BCUT2D eigenvalue weighted by Crippen LogP contribution is 2.18. The second-order valence-corrected chi connectivity index (χ2v) is 3.96. The van der Waals surface area contributed by atoms with E-state index in [-0.39, 0.29) is 5.56 Å².